The predicted molar refractivity (Wildman–Crippen MR) is 73.8 cm³/mol. The van der Waals surface area contributed by atoms with Crippen LogP contribution < -0.4 is 4.90 Å². The number of rotatable bonds is 1. The number of hydrogen-bond acceptors (Lipinski definition) is 2. The summed E-state index contributed by atoms with van der Waals surface area (Å²) in [4.78, 5) is 14.5. The Morgan fingerprint density at radius 3 is 2.37 bits per heavy atom. The molecule has 1 heterocycles. The van der Waals surface area contributed by atoms with Crippen LogP contribution in [-0.4, -0.2) is 17.3 Å². The van der Waals surface area contributed by atoms with Crippen molar-refractivity contribution in [1.29, 1.82) is 0 Å². The third-order valence-electron chi connectivity index (χ3n) is 3.08. The minimum atomic E-state index is -2.88. The summed E-state index contributed by atoms with van der Waals surface area (Å²) in [6, 6.07) is 15.6. The third kappa shape index (κ3) is 1.74. The van der Waals surface area contributed by atoms with E-state index in [0.717, 1.165) is 0 Å². The van der Waals surface area contributed by atoms with Gasteiger partial charge in [0, 0.05) is 7.05 Å². The zero-order chi connectivity index (χ0) is 13.5. The lowest BCUT2D eigenvalue weighted by atomic mass is 10.3. The Kier molecular flexibility index (Phi) is 2.64. The molecule has 19 heavy (non-hydrogen) atoms. The van der Waals surface area contributed by atoms with Crippen molar-refractivity contribution in [3.8, 4) is 0 Å². The quantitative estimate of drug-likeness (QED) is 0.800. The maximum absolute atomic E-state index is 13.2. The molecule has 2 aromatic rings. The van der Waals surface area contributed by atoms with E-state index in [1.54, 1.807) is 49.5 Å². The largest absolute Gasteiger partial charge is 0.356 e. The van der Waals surface area contributed by atoms with Gasteiger partial charge < -0.3 is 0 Å². The predicted octanol–water partition coefficient (Wildman–Crippen LogP) is 3.14. The molecule has 96 valence electrons. The second-order valence-electron chi connectivity index (χ2n) is 4.24. The van der Waals surface area contributed by atoms with Crippen LogP contribution in [0.2, 0.25) is 0 Å². The van der Waals surface area contributed by atoms with Gasteiger partial charge in [0.1, 0.15) is 9.73 Å². The smallest absolute Gasteiger partial charge is 0.294 e. The molecule has 0 fully saturated rings. The highest BCUT2D eigenvalue weighted by Crippen LogP contribution is 2.35. The number of benzene rings is 2. The lowest BCUT2D eigenvalue weighted by Crippen LogP contribution is -2.29. The number of urea groups is 1. The van der Waals surface area contributed by atoms with Gasteiger partial charge in [0.05, 0.1) is 15.5 Å². The SMILES string of the molecule is CN1C(=O)N=S(=O)(c2ccccc2)c2ccccc21. The van der Waals surface area contributed by atoms with Crippen LogP contribution in [0.25, 0.3) is 0 Å². The number of nitrogens with zero attached hydrogens (tertiary/aromatic N) is 2. The molecule has 4 nitrogen and oxygen atoms in total. The molecule has 0 N–H and O–H groups in total. The van der Waals surface area contributed by atoms with Gasteiger partial charge in [-0.25, -0.2) is 9.00 Å². The Morgan fingerprint density at radius 2 is 1.63 bits per heavy atom. The average Bonchev–Trinajstić information content (AvgIpc) is 2.46. The molecule has 1 atom stereocenters. The van der Waals surface area contributed by atoms with Crippen molar-refractivity contribution in [1.82, 2.24) is 0 Å². The lowest BCUT2D eigenvalue weighted by Gasteiger charge is -2.25. The van der Waals surface area contributed by atoms with Crippen LogP contribution in [0.5, 0.6) is 0 Å². The summed E-state index contributed by atoms with van der Waals surface area (Å²) >= 11 is 0. The average molecular weight is 272 g/mol. The minimum Gasteiger partial charge on any atom is -0.294 e. The van der Waals surface area contributed by atoms with Crippen molar-refractivity contribution in [2.24, 2.45) is 4.36 Å². The molecule has 0 aliphatic carbocycles. The molecule has 0 radical (unpaired) electrons. The zero-order valence-corrected chi connectivity index (χ0v) is 11.1. The molecule has 5 heteroatoms. The molecule has 1 aliphatic rings. The van der Waals surface area contributed by atoms with E-state index >= 15 is 0 Å². The van der Waals surface area contributed by atoms with Crippen LogP contribution >= 0.6 is 0 Å². The maximum atomic E-state index is 13.2. The first-order valence-corrected chi connectivity index (χ1v) is 7.33. The molecular formula is C14H12N2O2S. The number of para-hydroxylation sites is 1. The van der Waals surface area contributed by atoms with Gasteiger partial charge in [-0.05, 0) is 24.3 Å². The van der Waals surface area contributed by atoms with E-state index in [4.69, 9.17) is 0 Å². The minimum absolute atomic E-state index is 0.479. The van der Waals surface area contributed by atoms with Crippen molar-refractivity contribution in [2.75, 3.05) is 11.9 Å². The highest BCUT2D eigenvalue weighted by molar-refractivity contribution is 7.94. The lowest BCUT2D eigenvalue weighted by molar-refractivity contribution is 0.255. The topological polar surface area (TPSA) is 49.7 Å². The molecule has 1 aliphatic heterocycles. The van der Waals surface area contributed by atoms with Gasteiger partial charge in [-0.1, -0.05) is 30.3 Å². The number of amides is 2. The second kappa shape index (κ2) is 4.20. The fourth-order valence-corrected chi connectivity index (χ4v) is 4.15. The summed E-state index contributed by atoms with van der Waals surface area (Å²) < 4.78 is 17.1. The van der Waals surface area contributed by atoms with Gasteiger partial charge in [0.15, 0.2) is 0 Å². The van der Waals surface area contributed by atoms with Crippen LogP contribution in [0.1, 0.15) is 0 Å². The van der Waals surface area contributed by atoms with E-state index in [2.05, 4.69) is 4.36 Å². The molecule has 1 unspecified atom stereocenters. The fourth-order valence-electron chi connectivity index (χ4n) is 2.08. The molecule has 0 saturated carbocycles. The van der Waals surface area contributed by atoms with Gasteiger partial charge in [-0.15, -0.1) is 4.36 Å². The Hall–Kier alpha value is -2.14. The first kappa shape index (κ1) is 11.9. The number of carbonyl (C=O) groups excluding carboxylic acids is 1. The fraction of sp³-hybridized carbons (Fsp3) is 0.0714. The molecule has 0 spiro atoms. The number of carbonyl (C=O) groups is 1. The Labute approximate surface area is 111 Å². The van der Waals surface area contributed by atoms with Gasteiger partial charge in [0.2, 0.25) is 0 Å². The summed E-state index contributed by atoms with van der Waals surface area (Å²) in [6.45, 7) is 0. The third-order valence-corrected chi connectivity index (χ3v) is 5.35. The Morgan fingerprint density at radius 1 is 1.00 bits per heavy atom. The van der Waals surface area contributed by atoms with Crippen LogP contribution in [0.3, 0.4) is 0 Å². The normalized spacial score (nSPS) is 21.7. The van der Waals surface area contributed by atoms with Crippen molar-refractivity contribution < 1.29 is 9.00 Å². The summed E-state index contributed by atoms with van der Waals surface area (Å²) in [6.07, 6.45) is 0. The van der Waals surface area contributed by atoms with E-state index in [1.165, 1.54) is 4.90 Å². The Bertz CT molecular complexity index is 762. The van der Waals surface area contributed by atoms with E-state index in [0.29, 0.717) is 15.5 Å². The van der Waals surface area contributed by atoms with Crippen molar-refractivity contribution in [2.45, 2.75) is 9.79 Å². The maximum Gasteiger partial charge on any atom is 0.356 e. The molecule has 2 amide bonds. The zero-order valence-electron chi connectivity index (χ0n) is 10.3. The van der Waals surface area contributed by atoms with Crippen LogP contribution in [0.15, 0.2) is 68.8 Å². The summed E-state index contributed by atoms with van der Waals surface area (Å²) in [7, 11) is -1.24. The molecule has 3 rings (SSSR count). The van der Waals surface area contributed by atoms with E-state index in [9.17, 15) is 9.00 Å². The molecular weight excluding hydrogens is 260 g/mol. The molecule has 0 saturated heterocycles. The first-order chi connectivity index (χ1) is 9.13. The highest BCUT2D eigenvalue weighted by Gasteiger charge is 2.29. The molecule has 0 aromatic heterocycles. The van der Waals surface area contributed by atoms with Crippen molar-refractivity contribution in [3.05, 3.63) is 54.6 Å². The van der Waals surface area contributed by atoms with Crippen molar-refractivity contribution >= 4 is 21.4 Å². The van der Waals surface area contributed by atoms with Crippen LogP contribution in [0, 0.1) is 0 Å². The van der Waals surface area contributed by atoms with E-state index in [-0.39, 0.29) is 0 Å². The number of fused-ring (bicyclic) bond motifs is 1. The van der Waals surface area contributed by atoms with Crippen LogP contribution in [0.4, 0.5) is 10.5 Å². The van der Waals surface area contributed by atoms with Gasteiger partial charge >= 0.3 is 6.03 Å². The standard InChI is InChI=1S/C14H12N2O2S/c1-16-12-9-5-6-10-13(12)19(18,15-14(16)17)11-7-3-2-4-8-11/h2-10H,1H3. The van der Waals surface area contributed by atoms with Crippen molar-refractivity contribution in [3.63, 3.8) is 0 Å². The second-order valence-corrected chi connectivity index (χ2v) is 6.38. The van der Waals surface area contributed by atoms with Gasteiger partial charge in [0.25, 0.3) is 0 Å². The monoisotopic (exact) mass is 272 g/mol. The highest BCUT2D eigenvalue weighted by atomic mass is 32.2. The van der Waals surface area contributed by atoms with E-state index in [1.807, 2.05) is 12.1 Å². The molecule has 2 aromatic carbocycles. The summed E-state index contributed by atoms with van der Waals surface area (Å²) in [5.41, 5.74) is 0.649. The van der Waals surface area contributed by atoms with Crippen LogP contribution in [-0.2, 0) is 9.73 Å². The van der Waals surface area contributed by atoms with Gasteiger partial charge in [-0.3, -0.25) is 4.90 Å². The van der Waals surface area contributed by atoms with E-state index < -0.39 is 15.8 Å². The van der Waals surface area contributed by atoms with Gasteiger partial charge in [-0.2, -0.15) is 0 Å². The number of anilines is 1. The number of hydrogen-bond donors (Lipinski definition) is 0. The molecule has 0 bridgehead atoms. The summed E-state index contributed by atoms with van der Waals surface area (Å²) in [5.74, 6) is 0. The Balaban J connectivity index is 2.36. The summed E-state index contributed by atoms with van der Waals surface area (Å²) in [5, 5.41) is 0. The first-order valence-electron chi connectivity index (χ1n) is 5.82.